The highest BCUT2D eigenvalue weighted by atomic mass is 16.6. The molecule has 1 unspecified atom stereocenters. The van der Waals surface area contributed by atoms with Crippen molar-refractivity contribution in [3.05, 3.63) is 102 Å². The van der Waals surface area contributed by atoms with Crippen LogP contribution in [0.15, 0.2) is 84.9 Å². The average molecular weight is 356 g/mol. The molecule has 27 heavy (non-hydrogen) atoms. The molecule has 4 rings (SSSR count). The van der Waals surface area contributed by atoms with Crippen molar-refractivity contribution >= 4 is 11.1 Å². The number of hydrogen-bond acceptors (Lipinski definition) is 2. The predicted molar refractivity (Wildman–Crippen MR) is 111 cm³/mol. The van der Waals surface area contributed by atoms with Crippen molar-refractivity contribution in [2.45, 2.75) is 19.4 Å². The zero-order valence-corrected chi connectivity index (χ0v) is 15.6. The van der Waals surface area contributed by atoms with Crippen molar-refractivity contribution in [2.75, 3.05) is 13.2 Å². The van der Waals surface area contributed by atoms with Crippen LogP contribution in [0.5, 0.6) is 5.75 Å². The van der Waals surface area contributed by atoms with Gasteiger partial charge in [0.15, 0.2) is 0 Å². The molecule has 0 saturated carbocycles. The summed E-state index contributed by atoms with van der Waals surface area (Å²) in [5.74, 6) is 0.888. The Labute approximate surface area is 161 Å². The number of rotatable bonds is 7. The monoisotopic (exact) mass is 356 g/mol. The summed E-state index contributed by atoms with van der Waals surface area (Å²) in [5, 5.41) is 0. The van der Waals surface area contributed by atoms with Gasteiger partial charge in [-0.05, 0) is 46.4 Å². The van der Waals surface area contributed by atoms with Crippen LogP contribution in [0, 0.1) is 0 Å². The van der Waals surface area contributed by atoms with Crippen LogP contribution in [0.25, 0.3) is 11.1 Å². The predicted octanol–water partition coefficient (Wildman–Crippen LogP) is 5.83. The summed E-state index contributed by atoms with van der Waals surface area (Å²) in [4.78, 5) is 0. The fraction of sp³-hybridized carbons (Fsp3) is 0.200. The lowest BCUT2D eigenvalue weighted by atomic mass is 9.88. The van der Waals surface area contributed by atoms with E-state index in [4.69, 9.17) is 9.47 Å². The molecule has 3 aromatic carbocycles. The van der Waals surface area contributed by atoms with Gasteiger partial charge in [-0.2, -0.15) is 0 Å². The first kappa shape index (κ1) is 17.6. The van der Waals surface area contributed by atoms with Crippen LogP contribution < -0.4 is 4.74 Å². The number of hydrogen-bond donors (Lipinski definition) is 0. The van der Waals surface area contributed by atoms with E-state index in [0.717, 1.165) is 18.8 Å². The summed E-state index contributed by atoms with van der Waals surface area (Å²) in [6, 6.07) is 29.7. The Morgan fingerprint density at radius 3 is 1.93 bits per heavy atom. The molecule has 1 heterocycles. The van der Waals surface area contributed by atoms with Crippen molar-refractivity contribution in [3.63, 3.8) is 0 Å². The van der Waals surface area contributed by atoms with Gasteiger partial charge in [0.2, 0.25) is 0 Å². The largest absolute Gasteiger partial charge is 0.491 e. The first-order chi connectivity index (χ1) is 13.3. The summed E-state index contributed by atoms with van der Waals surface area (Å²) >= 11 is 0. The Bertz CT molecular complexity index is 892. The van der Waals surface area contributed by atoms with Crippen LogP contribution in [0.2, 0.25) is 0 Å². The van der Waals surface area contributed by atoms with Crippen LogP contribution in [0.4, 0.5) is 0 Å². The second kappa shape index (κ2) is 8.24. The van der Waals surface area contributed by atoms with E-state index in [9.17, 15) is 0 Å². The van der Waals surface area contributed by atoms with Crippen LogP contribution in [0.3, 0.4) is 0 Å². The maximum Gasteiger partial charge on any atom is 0.119 e. The topological polar surface area (TPSA) is 21.8 Å². The Hall–Kier alpha value is -2.84. The number of benzene rings is 3. The molecule has 1 saturated heterocycles. The molecule has 0 bridgehead atoms. The third-order valence-electron chi connectivity index (χ3n) is 4.82. The molecule has 2 nitrogen and oxygen atoms in total. The number of ether oxygens (including phenoxy) is 2. The van der Waals surface area contributed by atoms with Crippen molar-refractivity contribution in [2.24, 2.45) is 0 Å². The third kappa shape index (κ3) is 4.29. The van der Waals surface area contributed by atoms with E-state index in [1.165, 1.54) is 27.8 Å². The molecule has 0 aromatic heterocycles. The summed E-state index contributed by atoms with van der Waals surface area (Å²) in [7, 11) is 0. The fourth-order valence-corrected chi connectivity index (χ4v) is 3.36. The van der Waals surface area contributed by atoms with Gasteiger partial charge in [0.05, 0.1) is 6.61 Å². The molecule has 0 radical (unpaired) electrons. The zero-order chi connectivity index (χ0) is 18.5. The molecule has 1 fully saturated rings. The van der Waals surface area contributed by atoms with E-state index in [1.54, 1.807) is 0 Å². The molecular weight excluding hydrogens is 332 g/mol. The fourth-order valence-electron chi connectivity index (χ4n) is 3.36. The molecule has 1 atom stereocenters. The highest BCUT2D eigenvalue weighted by Gasteiger charge is 2.23. The quantitative estimate of drug-likeness (QED) is 0.392. The van der Waals surface area contributed by atoms with E-state index in [2.05, 4.69) is 91.9 Å². The summed E-state index contributed by atoms with van der Waals surface area (Å²) < 4.78 is 11.0. The van der Waals surface area contributed by atoms with Gasteiger partial charge in [-0.1, -0.05) is 79.7 Å². The zero-order valence-electron chi connectivity index (χ0n) is 15.6. The minimum Gasteiger partial charge on any atom is -0.491 e. The molecule has 0 amide bonds. The molecule has 0 spiro atoms. The van der Waals surface area contributed by atoms with Gasteiger partial charge in [-0.25, -0.2) is 0 Å². The molecule has 0 aliphatic carbocycles. The van der Waals surface area contributed by atoms with E-state index in [1.807, 2.05) is 0 Å². The molecular formula is C25H24O2. The van der Waals surface area contributed by atoms with E-state index in [0.29, 0.717) is 6.61 Å². The van der Waals surface area contributed by atoms with Gasteiger partial charge < -0.3 is 9.47 Å². The molecule has 136 valence electrons. The minimum absolute atomic E-state index is 0.272. The van der Waals surface area contributed by atoms with Gasteiger partial charge in [0.1, 0.15) is 18.5 Å². The Balaban J connectivity index is 1.75. The summed E-state index contributed by atoms with van der Waals surface area (Å²) in [6.07, 6.45) is 1.24. The normalized spacial score (nSPS) is 16.6. The van der Waals surface area contributed by atoms with Gasteiger partial charge in [-0.15, -0.1) is 0 Å². The smallest absolute Gasteiger partial charge is 0.119 e. The maximum absolute atomic E-state index is 5.80. The highest BCUT2D eigenvalue weighted by molar-refractivity contribution is 5.98. The minimum atomic E-state index is 0.272. The average Bonchev–Trinajstić information content (AvgIpc) is 3.57. The van der Waals surface area contributed by atoms with Crippen LogP contribution in [-0.4, -0.2) is 19.3 Å². The Kier molecular flexibility index (Phi) is 5.36. The van der Waals surface area contributed by atoms with Crippen molar-refractivity contribution in [3.8, 4) is 5.75 Å². The first-order valence-electron chi connectivity index (χ1n) is 9.54. The first-order valence-corrected chi connectivity index (χ1v) is 9.54. The molecule has 1 aliphatic heterocycles. The van der Waals surface area contributed by atoms with Gasteiger partial charge in [-0.3, -0.25) is 0 Å². The molecule has 1 aliphatic rings. The maximum atomic E-state index is 5.80. The van der Waals surface area contributed by atoms with Crippen molar-refractivity contribution in [1.82, 2.24) is 0 Å². The van der Waals surface area contributed by atoms with Gasteiger partial charge in [0.25, 0.3) is 0 Å². The lowest BCUT2D eigenvalue weighted by Gasteiger charge is -2.16. The van der Waals surface area contributed by atoms with Gasteiger partial charge in [0, 0.05) is 0 Å². The second-order valence-corrected chi connectivity index (χ2v) is 6.73. The van der Waals surface area contributed by atoms with Gasteiger partial charge >= 0.3 is 0 Å². The van der Waals surface area contributed by atoms with Crippen LogP contribution in [-0.2, 0) is 4.74 Å². The Morgan fingerprint density at radius 1 is 0.815 bits per heavy atom. The van der Waals surface area contributed by atoms with E-state index < -0.39 is 0 Å². The third-order valence-corrected chi connectivity index (χ3v) is 4.82. The van der Waals surface area contributed by atoms with Crippen molar-refractivity contribution in [1.29, 1.82) is 0 Å². The Morgan fingerprint density at radius 2 is 1.37 bits per heavy atom. The SMILES string of the molecule is CCC(=C(c1ccccc1)c1ccc(OCC2CO2)cc1)c1ccccc1. The number of epoxide rings is 1. The molecule has 3 aromatic rings. The highest BCUT2D eigenvalue weighted by Crippen LogP contribution is 2.34. The summed E-state index contributed by atoms with van der Waals surface area (Å²) in [5.41, 5.74) is 6.34. The second-order valence-electron chi connectivity index (χ2n) is 6.73. The van der Waals surface area contributed by atoms with E-state index in [-0.39, 0.29) is 6.10 Å². The van der Waals surface area contributed by atoms with Crippen molar-refractivity contribution < 1.29 is 9.47 Å². The van der Waals surface area contributed by atoms with E-state index >= 15 is 0 Å². The molecule has 0 N–H and O–H groups in total. The van der Waals surface area contributed by atoms with Crippen LogP contribution >= 0.6 is 0 Å². The summed E-state index contributed by atoms with van der Waals surface area (Å²) in [6.45, 7) is 3.67. The van der Waals surface area contributed by atoms with Crippen LogP contribution in [0.1, 0.15) is 30.0 Å². The number of allylic oxidation sites excluding steroid dienone is 1. The molecule has 2 heteroatoms. The standard InChI is InChI=1S/C25H24O2/c1-2-24(19-9-5-3-6-10-19)25(20-11-7-4-8-12-20)21-13-15-22(16-14-21)26-17-23-18-27-23/h3-16,23H,2,17-18H2,1H3. The lowest BCUT2D eigenvalue weighted by molar-refractivity contribution is 0.263. The lowest BCUT2D eigenvalue weighted by Crippen LogP contribution is -2.04.